The highest BCUT2D eigenvalue weighted by Crippen LogP contribution is 2.41. The van der Waals surface area contributed by atoms with Crippen LogP contribution in [0.5, 0.6) is 0 Å². The molecule has 0 bridgehead atoms. The van der Waals surface area contributed by atoms with Crippen LogP contribution in [0.2, 0.25) is 5.02 Å². The van der Waals surface area contributed by atoms with Gasteiger partial charge in [-0.1, -0.05) is 11.6 Å². The minimum absolute atomic E-state index is 0.105. The number of nitrogens with zero attached hydrogens (tertiary/aromatic N) is 4. The van der Waals surface area contributed by atoms with Gasteiger partial charge in [0, 0.05) is 24.3 Å². The van der Waals surface area contributed by atoms with Crippen LogP contribution < -0.4 is 5.73 Å². The molecule has 2 aromatic heterocycles. The Morgan fingerprint density at radius 1 is 1.30 bits per heavy atom. The molecular formula is C20H17ClF3N5O. The Morgan fingerprint density at radius 2 is 2.03 bits per heavy atom. The van der Waals surface area contributed by atoms with Crippen molar-refractivity contribution in [3.63, 3.8) is 0 Å². The molecule has 1 unspecified atom stereocenters. The first kappa shape index (κ1) is 19.2. The van der Waals surface area contributed by atoms with Crippen LogP contribution in [-0.4, -0.2) is 31.2 Å². The van der Waals surface area contributed by atoms with Crippen molar-refractivity contribution in [1.82, 2.24) is 19.3 Å². The molecule has 1 aliphatic carbocycles. The van der Waals surface area contributed by atoms with Gasteiger partial charge in [-0.15, -0.1) is 0 Å². The molecule has 0 saturated heterocycles. The second-order valence-corrected chi connectivity index (χ2v) is 8.26. The molecule has 3 heterocycles. The summed E-state index contributed by atoms with van der Waals surface area (Å²) >= 11 is 6.44. The number of nitrogens with two attached hydrogens (primary N) is 1. The lowest BCUT2D eigenvalue weighted by Gasteiger charge is -2.23. The monoisotopic (exact) mass is 435 g/mol. The van der Waals surface area contributed by atoms with Gasteiger partial charge in [0.2, 0.25) is 0 Å². The fourth-order valence-electron chi connectivity index (χ4n) is 4.10. The molecule has 10 heteroatoms. The Bertz CT molecular complexity index is 1200. The third-order valence-corrected chi connectivity index (χ3v) is 6.19. The van der Waals surface area contributed by atoms with Crippen LogP contribution >= 0.6 is 11.6 Å². The number of fused-ring (bicyclic) bond motifs is 2. The number of halogens is 4. The average molecular weight is 436 g/mol. The summed E-state index contributed by atoms with van der Waals surface area (Å²) in [4.78, 5) is 22.2. The van der Waals surface area contributed by atoms with Crippen molar-refractivity contribution in [2.75, 3.05) is 5.73 Å². The second kappa shape index (κ2) is 6.34. The van der Waals surface area contributed by atoms with E-state index in [0.717, 1.165) is 24.6 Å². The van der Waals surface area contributed by atoms with Gasteiger partial charge in [-0.2, -0.15) is 13.2 Å². The molecule has 1 atom stereocenters. The first-order valence-corrected chi connectivity index (χ1v) is 9.87. The van der Waals surface area contributed by atoms with Crippen LogP contribution in [0.4, 0.5) is 19.0 Å². The zero-order valence-electron chi connectivity index (χ0n) is 15.9. The average Bonchev–Trinajstić information content (AvgIpc) is 3.34. The maximum absolute atomic E-state index is 13.2. The Balaban J connectivity index is 1.61. The van der Waals surface area contributed by atoms with E-state index in [9.17, 15) is 18.0 Å². The number of nitrogen functional groups attached to an aromatic ring is 1. The molecule has 1 aromatic carbocycles. The van der Waals surface area contributed by atoms with Crippen molar-refractivity contribution in [1.29, 1.82) is 0 Å². The smallest absolute Gasteiger partial charge is 0.381 e. The van der Waals surface area contributed by atoms with E-state index in [-0.39, 0.29) is 28.4 Å². The van der Waals surface area contributed by atoms with Crippen molar-refractivity contribution in [2.45, 2.75) is 38.5 Å². The van der Waals surface area contributed by atoms with Gasteiger partial charge in [0.05, 0.1) is 22.5 Å². The van der Waals surface area contributed by atoms with Gasteiger partial charge < -0.3 is 10.6 Å². The van der Waals surface area contributed by atoms with Gasteiger partial charge in [-0.25, -0.2) is 9.97 Å². The van der Waals surface area contributed by atoms with E-state index in [2.05, 4.69) is 9.97 Å². The van der Waals surface area contributed by atoms with E-state index in [1.807, 2.05) is 11.8 Å². The quantitative estimate of drug-likeness (QED) is 0.661. The zero-order valence-corrected chi connectivity index (χ0v) is 16.6. The molecule has 3 aromatic rings. The second-order valence-electron chi connectivity index (χ2n) is 7.85. The number of amides is 1. The fraction of sp³-hybridized carbons (Fsp3) is 0.350. The first-order chi connectivity index (χ1) is 14.1. The van der Waals surface area contributed by atoms with Gasteiger partial charge in [-0.3, -0.25) is 9.20 Å². The number of benzene rings is 1. The lowest BCUT2D eigenvalue weighted by Crippen LogP contribution is -2.34. The zero-order chi connectivity index (χ0) is 21.4. The van der Waals surface area contributed by atoms with E-state index in [4.69, 9.17) is 17.3 Å². The van der Waals surface area contributed by atoms with Crippen LogP contribution in [0.25, 0.3) is 16.9 Å². The molecule has 0 spiro atoms. The molecule has 1 amide bonds. The summed E-state index contributed by atoms with van der Waals surface area (Å²) in [7, 11) is 0. The Morgan fingerprint density at radius 3 is 2.70 bits per heavy atom. The lowest BCUT2D eigenvalue weighted by molar-refractivity contribution is -0.141. The van der Waals surface area contributed by atoms with Crippen LogP contribution in [-0.2, 0) is 12.7 Å². The van der Waals surface area contributed by atoms with Crippen molar-refractivity contribution < 1.29 is 18.0 Å². The Hall–Kier alpha value is -2.81. The first-order valence-electron chi connectivity index (χ1n) is 9.49. The number of imidazole rings is 1. The molecule has 30 heavy (non-hydrogen) atoms. The van der Waals surface area contributed by atoms with Gasteiger partial charge in [-0.05, 0) is 43.4 Å². The number of rotatable bonds is 3. The van der Waals surface area contributed by atoms with Crippen LogP contribution in [0.15, 0.2) is 24.5 Å². The largest absolute Gasteiger partial charge is 0.434 e. The number of anilines is 1. The highest BCUT2D eigenvalue weighted by Gasteiger charge is 2.40. The van der Waals surface area contributed by atoms with Crippen LogP contribution in [0.1, 0.15) is 41.4 Å². The maximum Gasteiger partial charge on any atom is 0.434 e. The SMILES string of the molecule is CC(C1CC1)N1Cc2cc(-c3cnc4c(N)nc(C(F)(F)F)cn34)cc(Cl)c2C1=O. The number of carbonyl (C=O) groups is 1. The molecule has 2 aliphatic rings. The van der Waals surface area contributed by atoms with Gasteiger partial charge in [0.1, 0.15) is 0 Å². The summed E-state index contributed by atoms with van der Waals surface area (Å²) in [6.45, 7) is 2.46. The summed E-state index contributed by atoms with van der Waals surface area (Å²) in [5.41, 5.74) is 6.85. The summed E-state index contributed by atoms with van der Waals surface area (Å²) < 4.78 is 40.8. The minimum Gasteiger partial charge on any atom is -0.381 e. The van der Waals surface area contributed by atoms with Gasteiger partial charge in [0.25, 0.3) is 5.91 Å². The third-order valence-electron chi connectivity index (χ3n) is 5.89. The number of alkyl halides is 3. The van der Waals surface area contributed by atoms with E-state index in [1.54, 1.807) is 12.1 Å². The predicted octanol–water partition coefficient (Wildman–Crippen LogP) is 4.41. The van der Waals surface area contributed by atoms with E-state index >= 15 is 0 Å². The molecule has 1 aliphatic heterocycles. The summed E-state index contributed by atoms with van der Waals surface area (Å²) in [5.74, 6) is 0.0892. The standard InChI is InChI=1S/C20H17ClF3N5O/c1-9(10-2-3-10)28-7-12-4-11(5-13(21)16(12)19(28)30)14-6-26-18-17(25)27-15(8-29(14)18)20(22,23)24/h4-6,8-10H,2-3,7H2,1H3,(H2,25,27). The van der Waals surface area contributed by atoms with Gasteiger partial charge >= 0.3 is 6.18 Å². The highest BCUT2D eigenvalue weighted by atomic mass is 35.5. The maximum atomic E-state index is 13.2. The molecule has 1 fully saturated rings. The number of carbonyl (C=O) groups excluding carboxylic acids is 1. The van der Waals surface area contributed by atoms with Crippen molar-refractivity contribution in [3.05, 3.63) is 46.4 Å². The third kappa shape index (κ3) is 2.91. The molecular weight excluding hydrogens is 419 g/mol. The minimum atomic E-state index is -4.65. The molecule has 0 radical (unpaired) electrons. The van der Waals surface area contributed by atoms with Crippen molar-refractivity contribution in [2.24, 2.45) is 5.92 Å². The topological polar surface area (TPSA) is 76.5 Å². The van der Waals surface area contributed by atoms with Gasteiger partial charge in [0.15, 0.2) is 17.2 Å². The highest BCUT2D eigenvalue weighted by molar-refractivity contribution is 6.34. The predicted molar refractivity (Wildman–Crippen MR) is 105 cm³/mol. The molecule has 6 nitrogen and oxygen atoms in total. The number of hydrogen-bond acceptors (Lipinski definition) is 4. The van der Waals surface area contributed by atoms with E-state index in [1.165, 1.54) is 10.6 Å². The molecule has 1 saturated carbocycles. The fourth-order valence-corrected chi connectivity index (χ4v) is 4.42. The molecule has 5 rings (SSSR count). The van der Waals surface area contributed by atoms with Crippen LogP contribution in [0.3, 0.4) is 0 Å². The summed E-state index contributed by atoms with van der Waals surface area (Å²) in [6, 6.07) is 3.49. The van der Waals surface area contributed by atoms with Crippen LogP contribution in [0, 0.1) is 5.92 Å². The number of aromatic nitrogens is 3. The van der Waals surface area contributed by atoms with E-state index in [0.29, 0.717) is 29.3 Å². The molecule has 156 valence electrons. The summed E-state index contributed by atoms with van der Waals surface area (Å²) in [5, 5.41) is 0.269. The Kier molecular flexibility index (Phi) is 4.05. The lowest BCUT2D eigenvalue weighted by atomic mass is 10.0. The number of hydrogen-bond donors (Lipinski definition) is 1. The Labute approximate surface area is 174 Å². The summed E-state index contributed by atoms with van der Waals surface area (Å²) in [6.07, 6.45) is -0.141. The van der Waals surface area contributed by atoms with Crippen molar-refractivity contribution in [3.8, 4) is 11.3 Å². The van der Waals surface area contributed by atoms with Crippen molar-refractivity contribution >= 4 is 29.0 Å². The van der Waals surface area contributed by atoms with E-state index < -0.39 is 11.9 Å². The normalized spacial score (nSPS) is 17.6. The molecule has 2 N–H and O–H groups in total.